The zero-order chi connectivity index (χ0) is 28.0. The van der Waals surface area contributed by atoms with Crippen LogP contribution in [0.25, 0.3) is 28.0 Å². The van der Waals surface area contributed by atoms with Crippen molar-refractivity contribution in [1.82, 2.24) is 24.5 Å². The SMILES string of the molecule is CC(=O)Nc1cc([C@H]2C[C@H]3CC[C@@H](C2)N3C(=O)OC(C)(C)C)nc2c(-c3ccc(-c4ccccc4)nc3)cnn12. The molecule has 4 aromatic rings. The van der Waals surface area contributed by atoms with E-state index < -0.39 is 5.60 Å². The Kier molecular flexibility index (Phi) is 6.52. The maximum absolute atomic E-state index is 13.0. The molecule has 6 rings (SSSR count). The fourth-order valence-electron chi connectivity index (χ4n) is 6.03. The van der Waals surface area contributed by atoms with E-state index in [0.29, 0.717) is 11.5 Å². The number of benzene rings is 1. The van der Waals surface area contributed by atoms with Crippen LogP contribution in [0.1, 0.15) is 65.0 Å². The number of rotatable bonds is 4. The van der Waals surface area contributed by atoms with Crippen molar-refractivity contribution in [2.45, 2.75) is 77.0 Å². The normalized spacial score (nSPS) is 20.5. The summed E-state index contributed by atoms with van der Waals surface area (Å²) < 4.78 is 7.39. The van der Waals surface area contributed by atoms with Crippen LogP contribution in [0.5, 0.6) is 0 Å². The summed E-state index contributed by atoms with van der Waals surface area (Å²) in [5.41, 5.74) is 4.71. The van der Waals surface area contributed by atoms with E-state index in [4.69, 9.17) is 9.72 Å². The van der Waals surface area contributed by atoms with E-state index in [0.717, 1.165) is 53.8 Å². The number of amides is 2. The monoisotopic (exact) mass is 538 g/mol. The Morgan fingerprint density at radius 2 is 1.70 bits per heavy atom. The summed E-state index contributed by atoms with van der Waals surface area (Å²) in [6.07, 6.45) is 6.89. The summed E-state index contributed by atoms with van der Waals surface area (Å²) in [6, 6.07) is 16.2. The van der Waals surface area contributed by atoms with Gasteiger partial charge in [0.05, 0.1) is 11.9 Å². The molecule has 3 atom stereocenters. The lowest BCUT2D eigenvalue weighted by Gasteiger charge is -2.39. The zero-order valence-electron chi connectivity index (χ0n) is 23.3. The van der Waals surface area contributed by atoms with Gasteiger partial charge in [-0.1, -0.05) is 36.4 Å². The minimum Gasteiger partial charge on any atom is -0.444 e. The van der Waals surface area contributed by atoms with Crippen molar-refractivity contribution in [3.63, 3.8) is 0 Å². The van der Waals surface area contributed by atoms with Gasteiger partial charge in [-0.2, -0.15) is 9.61 Å². The van der Waals surface area contributed by atoms with Crippen molar-refractivity contribution in [2.24, 2.45) is 0 Å². The zero-order valence-corrected chi connectivity index (χ0v) is 23.3. The summed E-state index contributed by atoms with van der Waals surface area (Å²) in [5, 5.41) is 7.50. The van der Waals surface area contributed by atoms with Crippen molar-refractivity contribution in [3.05, 3.63) is 66.6 Å². The third kappa shape index (κ3) is 5.03. The molecule has 9 nitrogen and oxygen atoms in total. The van der Waals surface area contributed by atoms with Gasteiger partial charge < -0.3 is 15.0 Å². The summed E-state index contributed by atoms with van der Waals surface area (Å²) in [4.78, 5) is 36.8. The number of ether oxygens (including phenoxy) is 1. The van der Waals surface area contributed by atoms with E-state index in [1.54, 1.807) is 10.7 Å². The summed E-state index contributed by atoms with van der Waals surface area (Å²) in [6.45, 7) is 7.19. The number of piperidine rings is 1. The van der Waals surface area contributed by atoms with Crippen LogP contribution in [-0.4, -0.2) is 54.2 Å². The average molecular weight is 539 g/mol. The molecule has 1 aromatic carbocycles. The molecule has 1 N–H and O–H groups in total. The molecule has 0 radical (unpaired) electrons. The van der Waals surface area contributed by atoms with Gasteiger partial charge in [0.25, 0.3) is 0 Å². The highest BCUT2D eigenvalue weighted by Gasteiger charge is 2.45. The van der Waals surface area contributed by atoms with Crippen LogP contribution < -0.4 is 5.32 Å². The first-order chi connectivity index (χ1) is 19.2. The Balaban J connectivity index is 1.33. The van der Waals surface area contributed by atoms with Crippen molar-refractivity contribution in [2.75, 3.05) is 5.32 Å². The molecule has 0 aliphatic carbocycles. The Bertz CT molecular complexity index is 1540. The molecule has 2 fully saturated rings. The number of nitrogens with zero attached hydrogens (tertiary/aromatic N) is 5. The Morgan fingerprint density at radius 1 is 0.975 bits per heavy atom. The number of pyridine rings is 1. The van der Waals surface area contributed by atoms with Crippen LogP contribution in [0.3, 0.4) is 0 Å². The lowest BCUT2D eigenvalue weighted by atomic mass is 9.88. The summed E-state index contributed by atoms with van der Waals surface area (Å²) in [5.74, 6) is 0.550. The van der Waals surface area contributed by atoms with E-state index in [-0.39, 0.29) is 30.0 Å². The van der Waals surface area contributed by atoms with E-state index in [1.165, 1.54) is 6.92 Å². The number of carbonyl (C=O) groups excluding carboxylic acids is 2. The van der Waals surface area contributed by atoms with Gasteiger partial charge in [0.2, 0.25) is 5.91 Å². The van der Waals surface area contributed by atoms with Gasteiger partial charge in [-0.25, -0.2) is 9.78 Å². The van der Waals surface area contributed by atoms with E-state index in [1.807, 2.05) is 80.4 Å². The summed E-state index contributed by atoms with van der Waals surface area (Å²) in [7, 11) is 0. The molecule has 3 aromatic heterocycles. The minimum atomic E-state index is -0.528. The third-order valence-corrected chi connectivity index (χ3v) is 7.70. The predicted octanol–water partition coefficient (Wildman–Crippen LogP) is 6.06. The van der Waals surface area contributed by atoms with Crippen LogP contribution in [0.15, 0.2) is 60.9 Å². The Morgan fingerprint density at radius 3 is 2.33 bits per heavy atom. The molecule has 2 amide bonds. The number of fused-ring (bicyclic) bond motifs is 3. The number of carbonyl (C=O) groups is 2. The van der Waals surface area contributed by atoms with Crippen LogP contribution in [0.4, 0.5) is 10.6 Å². The lowest BCUT2D eigenvalue weighted by molar-refractivity contribution is -0.114. The van der Waals surface area contributed by atoms with E-state index in [9.17, 15) is 9.59 Å². The highest BCUT2D eigenvalue weighted by Crippen LogP contribution is 2.44. The standard InChI is InChI=1S/C31H34N6O3/c1-19(38)34-28-16-27(22-14-23-11-12-24(15-22)36(23)30(39)40-31(2,3)4)35-29-25(18-33-37(28)29)21-10-13-26(32-17-21)20-8-6-5-7-9-20/h5-10,13,16-18,22-24H,11-12,14-15H2,1-4H3,(H,34,38)/t22-,23+,24-. The molecule has 40 heavy (non-hydrogen) atoms. The fourth-order valence-corrected chi connectivity index (χ4v) is 6.03. The first-order valence-corrected chi connectivity index (χ1v) is 13.9. The molecular formula is C31H34N6O3. The number of anilines is 1. The molecule has 206 valence electrons. The van der Waals surface area contributed by atoms with Gasteiger partial charge in [-0.05, 0) is 52.5 Å². The van der Waals surface area contributed by atoms with Crippen LogP contribution in [0.2, 0.25) is 0 Å². The average Bonchev–Trinajstić information content (AvgIpc) is 3.46. The maximum atomic E-state index is 13.0. The molecule has 2 bridgehead atoms. The van der Waals surface area contributed by atoms with Crippen molar-refractivity contribution in [1.29, 1.82) is 0 Å². The van der Waals surface area contributed by atoms with Gasteiger partial charge in [0, 0.05) is 59.6 Å². The topological polar surface area (TPSA) is 102 Å². The second kappa shape index (κ2) is 10.0. The largest absolute Gasteiger partial charge is 0.444 e. The second-order valence-corrected chi connectivity index (χ2v) is 11.8. The Labute approximate surface area is 233 Å². The fraction of sp³-hybridized carbons (Fsp3) is 0.387. The smallest absolute Gasteiger partial charge is 0.410 e. The maximum Gasteiger partial charge on any atom is 0.410 e. The van der Waals surface area contributed by atoms with Crippen LogP contribution >= 0.6 is 0 Å². The Hall–Kier alpha value is -4.27. The quantitative estimate of drug-likeness (QED) is 0.339. The summed E-state index contributed by atoms with van der Waals surface area (Å²) >= 11 is 0. The van der Waals surface area contributed by atoms with Crippen molar-refractivity contribution in [3.8, 4) is 22.4 Å². The molecule has 2 aliphatic rings. The van der Waals surface area contributed by atoms with Gasteiger partial charge >= 0.3 is 6.09 Å². The molecule has 9 heteroatoms. The minimum absolute atomic E-state index is 0.111. The number of aromatic nitrogens is 4. The molecule has 0 unspecified atom stereocenters. The second-order valence-electron chi connectivity index (χ2n) is 11.8. The van der Waals surface area contributed by atoms with E-state index >= 15 is 0 Å². The predicted molar refractivity (Wildman–Crippen MR) is 153 cm³/mol. The highest BCUT2D eigenvalue weighted by atomic mass is 16.6. The van der Waals surface area contributed by atoms with Crippen molar-refractivity contribution < 1.29 is 14.3 Å². The molecule has 0 saturated carbocycles. The third-order valence-electron chi connectivity index (χ3n) is 7.70. The first kappa shape index (κ1) is 26.0. The molecule has 2 aliphatic heterocycles. The first-order valence-electron chi connectivity index (χ1n) is 13.9. The molecule has 5 heterocycles. The molecular weight excluding hydrogens is 504 g/mol. The van der Waals surface area contributed by atoms with Gasteiger partial charge in [-0.15, -0.1) is 0 Å². The van der Waals surface area contributed by atoms with Crippen LogP contribution in [-0.2, 0) is 9.53 Å². The van der Waals surface area contributed by atoms with Gasteiger partial charge in [0.15, 0.2) is 5.65 Å². The van der Waals surface area contributed by atoms with Crippen LogP contribution in [0, 0.1) is 0 Å². The number of hydrogen-bond acceptors (Lipinski definition) is 6. The van der Waals surface area contributed by atoms with Crippen molar-refractivity contribution >= 4 is 23.5 Å². The number of hydrogen-bond donors (Lipinski definition) is 1. The van der Waals surface area contributed by atoms with Gasteiger partial charge in [0.1, 0.15) is 11.4 Å². The number of nitrogens with one attached hydrogen (secondary N) is 1. The lowest BCUT2D eigenvalue weighted by Crippen LogP contribution is -2.48. The molecule has 2 saturated heterocycles. The molecule has 0 spiro atoms. The van der Waals surface area contributed by atoms with E-state index in [2.05, 4.69) is 15.4 Å². The highest BCUT2D eigenvalue weighted by molar-refractivity contribution is 5.89. The van der Waals surface area contributed by atoms with Gasteiger partial charge in [-0.3, -0.25) is 9.78 Å².